The third kappa shape index (κ3) is 5.88. The van der Waals surface area contributed by atoms with Crippen molar-refractivity contribution in [3.8, 4) is 0 Å². The van der Waals surface area contributed by atoms with E-state index < -0.39 is 0 Å². The Labute approximate surface area is 97.6 Å². The summed E-state index contributed by atoms with van der Waals surface area (Å²) in [6.45, 7) is 4.58. The lowest BCUT2D eigenvalue weighted by molar-refractivity contribution is 0.369. The second kappa shape index (κ2) is 8.30. The van der Waals surface area contributed by atoms with Crippen LogP contribution in [0.3, 0.4) is 0 Å². The maximum atomic E-state index is 5.43. The van der Waals surface area contributed by atoms with E-state index in [0.717, 1.165) is 37.5 Å². The average Bonchev–Trinajstić information content (AvgIpc) is 2.68. The van der Waals surface area contributed by atoms with Crippen molar-refractivity contribution in [1.82, 2.24) is 10.5 Å². The zero-order chi connectivity index (χ0) is 11.6. The van der Waals surface area contributed by atoms with Crippen molar-refractivity contribution in [1.29, 1.82) is 0 Å². The molecule has 0 unspecified atom stereocenters. The number of nitrogens with zero attached hydrogens (tertiary/aromatic N) is 1. The van der Waals surface area contributed by atoms with Crippen LogP contribution in [0.25, 0.3) is 0 Å². The zero-order valence-electron chi connectivity index (χ0n) is 10.2. The number of nitrogens with one attached hydrogen (secondary N) is 1. The average molecular weight is 225 g/mol. The lowest BCUT2D eigenvalue weighted by Crippen LogP contribution is -2.14. The minimum absolute atomic E-state index is 0.781. The molecule has 4 nitrogen and oxygen atoms in total. The maximum absolute atomic E-state index is 5.43. The zero-order valence-corrected chi connectivity index (χ0v) is 10.2. The van der Waals surface area contributed by atoms with E-state index >= 15 is 0 Å². The summed E-state index contributed by atoms with van der Waals surface area (Å²) < 4.78 is 5.10. The molecule has 16 heavy (non-hydrogen) atoms. The molecule has 0 aliphatic heterocycles. The van der Waals surface area contributed by atoms with Crippen molar-refractivity contribution in [2.24, 2.45) is 5.73 Å². The van der Waals surface area contributed by atoms with Crippen LogP contribution >= 0.6 is 0 Å². The Hall–Kier alpha value is -0.870. The van der Waals surface area contributed by atoms with Crippen LogP contribution < -0.4 is 11.1 Å². The quantitative estimate of drug-likeness (QED) is 0.631. The molecule has 1 aromatic heterocycles. The molecule has 0 spiro atoms. The summed E-state index contributed by atoms with van der Waals surface area (Å²) in [5, 5.41) is 7.19. The molecule has 3 N–H and O–H groups in total. The van der Waals surface area contributed by atoms with Crippen LogP contribution in [0.2, 0.25) is 0 Å². The molecular formula is C12H23N3O. The van der Waals surface area contributed by atoms with Crippen molar-refractivity contribution >= 4 is 0 Å². The third-order valence-corrected chi connectivity index (χ3v) is 2.53. The summed E-state index contributed by atoms with van der Waals surface area (Å²) in [7, 11) is 0. The molecule has 1 aromatic rings. The van der Waals surface area contributed by atoms with Crippen molar-refractivity contribution in [3.63, 3.8) is 0 Å². The van der Waals surface area contributed by atoms with E-state index in [1.807, 2.05) is 13.0 Å². The summed E-state index contributed by atoms with van der Waals surface area (Å²) in [4.78, 5) is 0. The molecule has 0 saturated carbocycles. The van der Waals surface area contributed by atoms with Gasteiger partial charge in [-0.2, -0.15) is 0 Å². The predicted octanol–water partition coefficient (Wildman–Crippen LogP) is 1.98. The van der Waals surface area contributed by atoms with Gasteiger partial charge in [0, 0.05) is 6.07 Å². The van der Waals surface area contributed by atoms with E-state index in [4.69, 9.17) is 10.3 Å². The number of aryl methyl sites for hydroxylation is 1. The van der Waals surface area contributed by atoms with Gasteiger partial charge in [0.2, 0.25) is 0 Å². The Morgan fingerprint density at radius 2 is 2.00 bits per heavy atom. The lowest BCUT2D eigenvalue weighted by atomic mass is 10.1. The van der Waals surface area contributed by atoms with Gasteiger partial charge in [-0.3, -0.25) is 0 Å². The highest BCUT2D eigenvalue weighted by Crippen LogP contribution is 2.03. The molecule has 0 radical (unpaired) electrons. The van der Waals surface area contributed by atoms with Gasteiger partial charge in [0.25, 0.3) is 0 Å². The van der Waals surface area contributed by atoms with Crippen LogP contribution in [-0.2, 0) is 6.54 Å². The largest absolute Gasteiger partial charge is 0.360 e. The molecule has 1 heterocycles. The molecule has 0 saturated heterocycles. The van der Waals surface area contributed by atoms with E-state index in [1.165, 1.54) is 25.7 Å². The van der Waals surface area contributed by atoms with E-state index in [2.05, 4.69) is 10.5 Å². The van der Waals surface area contributed by atoms with Crippen LogP contribution in [0.1, 0.15) is 43.6 Å². The standard InChI is InChI=1S/C12H23N3O/c1-11-9-12(16-15-11)10-14-8-6-4-2-3-5-7-13/h9,14H,2-8,10,13H2,1H3. The highest BCUT2D eigenvalue weighted by atomic mass is 16.5. The fourth-order valence-electron chi connectivity index (χ4n) is 1.64. The highest BCUT2D eigenvalue weighted by molar-refractivity contribution is 5.02. The molecule has 0 amide bonds. The first-order chi connectivity index (χ1) is 7.83. The number of hydrogen-bond donors (Lipinski definition) is 2. The van der Waals surface area contributed by atoms with Gasteiger partial charge in [0.15, 0.2) is 5.76 Å². The van der Waals surface area contributed by atoms with Gasteiger partial charge in [-0.15, -0.1) is 0 Å². The Morgan fingerprint density at radius 3 is 2.69 bits per heavy atom. The molecule has 0 bridgehead atoms. The van der Waals surface area contributed by atoms with Gasteiger partial charge in [-0.25, -0.2) is 0 Å². The minimum Gasteiger partial charge on any atom is -0.360 e. The first kappa shape index (κ1) is 13.2. The third-order valence-electron chi connectivity index (χ3n) is 2.53. The second-order valence-electron chi connectivity index (χ2n) is 4.17. The number of aromatic nitrogens is 1. The summed E-state index contributed by atoms with van der Waals surface area (Å²) >= 11 is 0. The monoisotopic (exact) mass is 225 g/mol. The molecule has 1 rings (SSSR count). The van der Waals surface area contributed by atoms with Crippen LogP contribution in [0, 0.1) is 6.92 Å². The first-order valence-corrected chi connectivity index (χ1v) is 6.16. The summed E-state index contributed by atoms with van der Waals surface area (Å²) in [5.41, 5.74) is 6.37. The SMILES string of the molecule is Cc1cc(CNCCCCCCCN)on1. The van der Waals surface area contributed by atoms with Crippen LogP contribution in [0.15, 0.2) is 10.6 Å². The molecule has 0 aliphatic rings. The van der Waals surface area contributed by atoms with Gasteiger partial charge in [-0.05, 0) is 32.9 Å². The second-order valence-corrected chi connectivity index (χ2v) is 4.17. The maximum Gasteiger partial charge on any atom is 0.150 e. The fourth-order valence-corrected chi connectivity index (χ4v) is 1.64. The van der Waals surface area contributed by atoms with Gasteiger partial charge in [0.05, 0.1) is 12.2 Å². The number of rotatable bonds is 9. The Kier molecular flexibility index (Phi) is 6.85. The molecule has 0 aliphatic carbocycles. The van der Waals surface area contributed by atoms with Gasteiger partial charge < -0.3 is 15.6 Å². The molecule has 0 aromatic carbocycles. The lowest BCUT2D eigenvalue weighted by Gasteiger charge is -2.02. The van der Waals surface area contributed by atoms with E-state index in [9.17, 15) is 0 Å². The van der Waals surface area contributed by atoms with Crippen LogP contribution in [-0.4, -0.2) is 18.2 Å². The molecule has 0 fully saturated rings. The Morgan fingerprint density at radius 1 is 1.25 bits per heavy atom. The number of unbranched alkanes of at least 4 members (excludes halogenated alkanes) is 4. The summed E-state index contributed by atoms with van der Waals surface area (Å²) in [5.74, 6) is 0.917. The summed E-state index contributed by atoms with van der Waals surface area (Å²) in [6.07, 6.45) is 6.21. The number of hydrogen-bond acceptors (Lipinski definition) is 4. The first-order valence-electron chi connectivity index (χ1n) is 6.16. The van der Waals surface area contributed by atoms with Crippen molar-refractivity contribution in [2.45, 2.75) is 45.6 Å². The van der Waals surface area contributed by atoms with E-state index in [1.54, 1.807) is 0 Å². The topological polar surface area (TPSA) is 64.1 Å². The number of nitrogens with two attached hydrogens (primary N) is 1. The molecule has 0 atom stereocenters. The van der Waals surface area contributed by atoms with E-state index in [-0.39, 0.29) is 0 Å². The smallest absolute Gasteiger partial charge is 0.150 e. The predicted molar refractivity (Wildman–Crippen MR) is 65.1 cm³/mol. The van der Waals surface area contributed by atoms with Crippen molar-refractivity contribution < 1.29 is 4.52 Å². The van der Waals surface area contributed by atoms with Crippen LogP contribution in [0.4, 0.5) is 0 Å². The van der Waals surface area contributed by atoms with Gasteiger partial charge >= 0.3 is 0 Å². The normalized spacial score (nSPS) is 10.9. The highest BCUT2D eigenvalue weighted by Gasteiger charge is 1.98. The van der Waals surface area contributed by atoms with Crippen LogP contribution in [0.5, 0.6) is 0 Å². The van der Waals surface area contributed by atoms with Crippen molar-refractivity contribution in [3.05, 3.63) is 17.5 Å². The molecule has 4 heteroatoms. The minimum atomic E-state index is 0.781. The van der Waals surface area contributed by atoms with Crippen molar-refractivity contribution in [2.75, 3.05) is 13.1 Å². The molecule has 92 valence electrons. The van der Waals surface area contributed by atoms with Gasteiger partial charge in [0.1, 0.15) is 0 Å². The fraction of sp³-hybridized carbons (Fsp3) is 0.750. The summed E-state index contributed by atoms with van der Waals surface area (Å²) in [6, 6.07) is 1.97. The van der Waals surface area contributed by atoms with E-state index in [0.29, 0.717) is 0 Å². The van der Waals surface area contributed by atoms with Gasteiger partial charge in [-0.1, -0.05) is 24.4 Å². The Balaban J connectivity index is 1.88. The molecular weight excluding hydrogens is 202 g/mol. The Bertz CT molecular complexity index is 273.